The summed E-state index contributed by atoms with van der Waals surface area (Å²) in [7, 11) is 0. The zero-order valence-corrected chi connectivity index (χ0v) is 15.2. The summed E-state index contributed by atoms with van der Waals surface area (Å²) >= 11 is 0. The van der Waals surface area contributed by atoms with Gasteiger partial charge in [0.1, 0.15) is 11.8 Å². The maximum Gasteiger partial charge on any atom is 0.171 e. The first kappa shape index (κ1) is 17.9. The lowest BCUT2D eigenvalue weighted by atomic mass is 9.86. The van der Waals surface area contributed by atoms with Crippen LogP contribution >= 0.6 is 0 Å². The van der Waals surface area contributed by atoms with Gasteiger partial charge in [0.05, 0.1) is 11.3 Å². The molecule has 0 aliphatic heterocycles. The van der Waals surface area contributed by atoms with Gasteiger partial charge in [0.2, 0.25) is 0 Å². The molecule has 24 heavy (non-hydrogen) atoms. The molecular weight excluding hydrogens is 301 g/mol. The summed E-state index contributed by atoms with van der Waals surface area (Å²) in [6.45, 7) is 12.3. The van der Waals surface area contributed by atoms with E-state index in [0.717, 1.165) is 5.56 Å². The highest BCUT2D eigenvalue weighted by Gasteiger charge is 2.20. The number of aromatic nitrogens is 2. The highest BCUT2D eigenvalue weighted by Crippen LogP contribution is 2.30. The summed E-state index contributed by atoms with van der Waals surface area (Å²) in [5.74, 6) is -0.353. The summed E-state index contributed by atoms with van der Waals surface area (Å²) in [4.78, 5) is 0. The van der Waals surface area contributed by atoms with Crippen LogP contribution in [0.2, 0.25) is 0 Å². The fourth-order valence-corrected chi connectivity index (χ4v) is 2.77. The number of allylic oxidation sites excluding steroid dienone is 2. The largest absolute Gasteiger partial charge is 0.262 e. The molecule has 0 saturated carbocycles. The third kappa shape index (κ3) is 3.26. The number of rotatable bonds is 3. The summed E-state index contributed by atoms with van der Waals surface area (Å²) in [6.07, 6.45) is 0. The van der Waals surface area contributed by atoms with Crippen molar-refractivity contribution in [3.63, 3.8) is 0 Å². The Balaban J connectivity index is 2.59. The molecule has 0 amide bonds. The second-order valence-corrected chi connectivity index (χ2v) is 7.00. The Morgan fingerprint density at radius 2 is 1.83 bits per heavy atom. The van der Waals surface area contributed by atoms with Gasteiger partial charge in [-0.25, -0.2) is 4.39 Å². The minimum atomic E-state index is -0.353. The average molecular weight is 325 g/mol. The van der Waals surface area contributed by atoms with Crippen molar-refractivity contribution in [1.29, 1.82) is 5.26 Å². The van der Waals surface area contributed by atoms with E-state index >= 15 is 0 Å². The van der Waals surface area contributed by atoms with E-state index in [1.54, 1.807) is 18.5 Å². The highest BCUT2D eigenvalue weighted by molar-refractivity contribution is 5.96. The summed E-state index contributed by atoms with van der Waals surface area (Å²) in [5, 5.41) is 13.8. The van der Waals surface area contributed by atoms with Crippen molar-refractivity contribution in [2.75, 3.05) is 0 Å². The van der Waals surface area contributed by atoms with Gasteiger partial charge in [-0.3, -0.25) is 4.68 Å². The van der Waals surface area contributed by atoms with Crippen LogP contribution in [0.15, 0.2) is 24.3 Å². The van der Waals surface area contributed by atoms with Gasteiger partial charge in [-0.15, -0.1) is 0 Å². The van der Waals surface area contributed by atoms with Crippen LogP contribution in [0.4, 0.5) is 4.39 Å². The molecule has 4 heteroatoms. The molecule has 0 saturated heterocycles. The van der Waals surface area contributed by atoms with Gasteiger partial charge in [-0.1, -0.05) is 45.0 Å². The Kier molecular flexibility index (Phi) is 4.94. The molecule has 3 nitrogen and oxygen atoms in total. The van der Waals surface area contributed by atoms with E-state index in [2.05, 4.69) is 31.9 Å². The Morgan fingerprint density at radius 3 is 2.29 bits per heavy atom. The topological polar surface area (TPSA) is 41.6 Å². The summed E-state index contributed by atoms with van der Waals surface area (Å²) < 4.78 is 16.1. The van der Waals surface area contributed by atoms with Crippen molar-refractivity contribution in [1.82, 2.24) is 9.78 Å². The number of aryl methyl sites for hydroxylation is 2. The van der Waals surface area contributed by atoms with Crippen molar-refractivity contribution in [3.05, 3.63) is 52.6 Å². The lowest BCUT2D eigenvalue weighted by Gasteiger charge is -2.19. The van der Waals surface area contributed by atoms with Gasteiger partial charge < -0.3 is 0 Å². The lowest BCUT2D eigenvalue weighted by Crippen LogP contribution is -2.10. The van der Waals surface area contributed by atoms with Gasteiger partial charge in [0.25, 0.3) is 0 Å². The molecule has 0 radical (unpaired) electrons. The fraction of sp³-hybridized carbons (Fsp3) is 0.400. The number of benzene rings is 1. The Bertz CT molecular complexity index is 812. The van der Waals surface area contributed by atoms with Crippen molar-refractivity contribution in [2.45, 2.75) is 53.5 Å². The van der Waals surface area contributed by atoms with Crippen LogP contribution in [0.3, 0.4) is 0 Å². The standard InChI is InChI=1S/C20H24FN3/c1-7-24-19(18(21)14(3)23-24)13(2)17(12-22)15-8-10-16(11-9-15)20(4,5)6/h8-11H,7H2,1-6H3/b17-13+. The zero-order chi connectivity index (χ0) is 18.1. The van der Waals surface area contributed by atoms with Crippen molar-refractivity contribution in [3.8, 4) is 6.07 Å². The van der Waals surface area contributed by atoms with E-state index in [1.807, 2.05) is 31.2 Å². The predicted molar refractivity (Wildman–Crippen MR) is 95.8 cm³/mol. The first-order chi connectivity index (χ1) is 11.2. The molecule has 0 fully saturated rings. The Morgan fingerprint density at radius 1 is 1.25 bits per heavy atom. The molecule has 0 bridgehead atoms. The van der Waals surface area contributed by atoms with E-state index in [-0.39, 0.29) is 11.2 Å². The average Bonchev–Trinajstić information content (AvgIpc) is 2.82. The molecule has 0 aliphatic carbocycles. The van der Waals surface area contributed by atoms with Crippen molar-refractivity contribution < 1.29 is 4.39 Å². The van der Waals surface area contributed by atoms with Gasteiger partial charge >= 0.3 is 0 Å². The minimum absolute atomic E-state index is 0.0497. The SMILES string of the molecule is CCn1nc(C)c(F)c1/C(C)=C(\C#N)c1ccc(C(C)(C)C)cc1. The quantitative estimate of drug-likeness (QED) is 0.737. The molecule has 2 aromatic rings. The maximum absolute atomic E-state index is 14.5. The molecule has 0 N–H and O–H groups in total. The number of hydrogen-bond donors (Lipinski definition) is 0. The van der Waals surface area contributed by atoms with Crippen LogP contribution in [0.5, 0.6) is 0 Å². The molecule has 0 unspecified atom stereocenters. The molecule has 0 atom stereocenters. The number of hydrogen-bond acceptors (Lipinski definition) is 2. The van der Waals surface area contributed by atoms with Crippen LogP contribution in [-0.4, -0.2) is 9.78 Å². The van der Waals surface area contributed by atoms with Gasteiger partial charge in [-0.2, -0.15) is 10.4 Å². The Labute approximate surface area is 143 Å². The van der Waals surface area contributed by atoms with Gasteiger partial charge in [-0.05, 0) is 42.9 Å². The summed E-state index contributed by atoms with van der Waals surface area (Å²) in [5.41, 5.74) is 3.88. The number of halogens is 1. The first-order valence-electron chi connectivity index (χ1n) is 8.15. The third-order valence-corrected chi connectivity index (χ3v) is 4.24. The molecule has 1 heterocycles. The molecule has 0 spiro atoms. The van der Waals surface area contributed by atoms with Crippen LogP contribution in [0.1, 0.15) is 57.1 Å². The molecular formula is C20H24FN3. The van der Waals surface area contributed by atoms with Gasteiger partial charge in [0.15, 0.2) is 5.82 Å². The van der Waals surface area contributed by atoms with Crippen LogP contribution in [0.25, 0.3) is 11.1 Å². The second-order valence-electron chi connectivity index (χ2n) is 7.00. The van der Waals surface area contributed by atoms with Gasteiger partial charge in [0, 0.05) is 6.54 Å². The molecule has 126 valence electrons. The van der Waals surface area contributed by atoms with Crippen molar-refractivity contribution >= 4 is 11.1 Å². The normalized spacial score (nSPS) is 12.8. The third-order valence-electron chi connectivity index (χ3n) is 4.24. The first-order valence-corrected chi connectivity index (χ1v) is 8.15. The van der Waals surface area contributed by atoms with Crippen LogP contribution in [-0.2, 0) is 12.0 Å². The molecule has 2 rings (SSSR count). The molecule has 1 aromatic heterocycles. The van der Waals surface area contributed by atoms with E-state index in [1.165, 1.54) is 5.56 Å². The lowest BCUT2D eigenvalue weighted by molar-refractivity contribution is 0.590. The molecule has 1 aromatic carbocycles. The second kappa shape index (κ2) is 6.60. The highest BCUT2D eigenvalue weighted by atomic mass is 19.1. The maximum atomic E-state index is 14.5. The number of nitriles is 1. The summed E-state index contributed by atoms with van der Waals surface area (Å²) in [6, 6.07) is 10.1. The monoisotopic (exact) mass is 325 g/mol. The molecule has 0 aliphatic rings. The van der Waals surface area contributed by atoms with E-state index < -0.39 is 0 Å². The smallest absolute Gasteiger partial charge is 0.171 e. The van der Waals surface area contributed by atoms with Crippen molar-refractivity contribution in [2.24, 2.45) is 0 Å². The zero-order valence-electron chi connectivity index (χ0n) is 15.2. The number of nitrogens with zero attached hydrogens (tertiary/aromatic N) is 3. The van der Waals surface area contributed by atoms with E-state index in [0.29, 0.717) is 29.1 Å². The predicted octanol–water partition coefficient (Wildman–Crippen LogP) is 5.10. The Hall–Kier alpha value is -2.41. The minimum Gasteiger partial charge on any atom is -0.262 e. The van der Waals surface area contributed by atoms with E-state index in [9.17, 15) is 9.65 Å². The van der Waals surface area contributed by atoms with Crippen LogP contribution < -0.4 is 0 Å². The fourth-order valence-electron chi connectivity index (χ4n) is 2.77. The van der Waals surface area contributed by atoms with E-state index in [4.69, 9.17) is 0 Å². The van der Waals surface area contributed by atoms with Crippen LogP contribution in [0, 0.1) is 24.1 Å².